The molecule has 0 saturated carbocycles. The molecule has 1 heterocycles. The number of carbonyl (C=O) groups excluding carboxylic acids is 1. The minimum absolute atomic E-state index is 0.0195. The van der Waals surface area contributed by atoms with E-state index >= 15 is 0 Å². The van der Waals surface area contributed by atoms with Gasteiger partial charge in [0.2, 0.25) is 0 Å². The summed E-state index contributed by atoms with van der Waals surface area (Å²) in [5, 5.41) is 0.926. The van der Waals surface area contributed by atoms with Gasteiger partial charge in [0.25, 0.3) is 5.91 Å². The summed E-state index contributed by atoms with van der Waals surface area (Å²) < 4.78 is 5.88. The zero-order chi connectivity index (χ0) is 18.0. The molecule has 2 aromatic rings. The molecule has 3 rings (SSSR count). The lowest BCUT2D eigenvalue weighted by molar-refractivity contribution is -0.115. The van der Waals surface area contributed by atoms with Gasteiger partial charge in [0, 0.05) is 0 Å². The molecule has 128 valence electrons. The van der Waals surface area contributed by atoms with E-state index < -0.39 is 0 Å². The fourth-order valence-corrected chi connectivity index (χ4v) is 4.61. The minimum atomic E-state index is -0.0195. The van der Waals surface area contributed by atoms with Crippen molar-refractivity contribution in [2.75, 3.05) is 18.3 Å². The summed E-state index contributed by atoms with van der Waals surface area (Å²) in [5.41, 5.74) is 2.99. The van der Waals surface area contributed by atoms with Gasteiger partial charge in [-0.3, -0.25) is 9.69 Å². The van der Waals surface area contributed by atoms with Gasteiger partial charge in [0.05, 0.1) is 17.0 Å². The Morgan fingerprint density at radius 1 is 1.08 bits per heavy atom. The number of nitrogens with zero attached hydrogens (tertiary/aromatic N) is 1. The van der Waals surface area contributed by atoms with Gasteiger partial charge in [-0.05, 0) is 43.0 Å². The van der Waals surface area contributed by atoms with Crippen LogP contribution in [0.3, 0.4) is 0 Å². The van der Waals surface area contributed by atoms with E-state index in [-0.39, 0.29) is 5.91 Å². The molecule has 1 aliphatic heterocycles. The third-order valence-electron chi connectivity index (χ3n) is 3.80. The van der Waals surface area contributed by atoms with Crippen LogP contribution in [0.4, 0.5) is 5.69 Å². The van der Waals surface area contributed by atoms with Crippen molar-refractivity contribution in [1.29, 1.82) is 0 Å². The van der Waals surface area contributed by atoms with Crippen molar-refractivity contribution in [3.05, 3.63) is 69.6 Å². The van der Waals surface area contributed by atoms with Crippen molar-refractivity contribution in [1.82, 2.24) is 0 Å². The van der Waals surface area contributed by atoms with Crippen molar-refractivity contribution in [2.24, 2.45) is 0 Å². The van der Waals surface area contributed by atoms with E-state index in [1.807, 2.05) is 61.7 Å². The number of ether oxygens (including phenoxy) is 1. The number of amides is 1. The van der Waals surface area contributed by atoms with E-state index in [9.17, 15) is 4.79 Å². The summed E-state index contributed by atoms with van der Waals surface area (Å²) in [6.45, 7) is 2.04. The first-order chi connectivity index (χ1) is 12.0. The largest absolute Gasteiger partial charge is 0.497 e. The van der Waals surface area contributed by atoms with E-state index in [1.54, 1.807) is 23.8 Å². The Bertz CT molecular complexity index is 842. The maximum Gasteiger partial charge on any atom is 0.272 e. The first kappa shape index (κ1) is 18.0. The maximum atomic E-state index is 12.6. The predicted molar refractivity (Wildman–Crippen MR) is 111 cm³/mol. The highest BCUT2D eigenvalue weighted by Crippen LogP contribution is 2.44. The fourth-order valence-electron chi connectivity index (χ4n) is 2.41. The summed E-state index contributed by atoms with van der Waals surface area (Å²) in [7, 11) is 1.62. The van der Waals surface area contributed by atoms with Crippen LogP contribution in [0.5, 0.6) is 5.75 Å². The number of anilines is 1. The van der Waals surface area contributed by atoms with Crippen LogP contribution in [-0.4, -0.2) is 23.5 Å². The molecule has 25 heavy (non-hydrogen) atoms. The van der Waals surface area contributed by atoms with Crippen LogP contribution in [0.2, 0.25) is 0 Å². The van der Waals surface area contributed by atoms with E-state index in [0.29, 0.717) is 9.10 Å². The van der Waals surface area contributed by atoms with Crippen LogP contribution in [-0.2, 0) is 4.79 Å². The van der Waals surface area contributed by atoms with Crippen molar-refractivity contribution < 1.29 is 9.53 Å². The normalized spacial score (nSPS) is 13.7. The number of methoxy groups -OCH3 is 1. The van der Waals surface area contributed by atoms with E-state index in [1.165, 1.54) is 17.3 Å². The van der Waals surface area contributed by atoms with Crippen LogP contribution in [0.15, 0.2) is 58.5 Å². The monoisotopic (exact) mass is 387 g/mol. The number of thioether (sulfide) groups is 2. The fraction of sp³-hybridized carbons (Fsp3) is 0.158. The average molecular weight is 388 g/mol. The van der Waals surface area contributed by atoms with Crippen LogP contribution < -0.4 is 9.64 Å². The van der Waals surface area contributed by atoms with Crippen molar-refractivity contribution in [3.8, 4) is 5.75 Å². The Morgan fingerprint density at radius 3 is 2.28 bits per heavy atom. The van der Waals surface area contributed by atoms with Crippen molar-refractivity contribution in [2.45, 2.75) is 6.92 Å². The van der Waals surface area contributed by atoms with Crippen LogP contribution in [0.25, 0.3) is 0 Å². The summed E-state index contributed by atoms with van der Waals surface area (Å²) >= 11 is 8.43. The molecule has 0 aromatic heterocycles. The molecule has 0 bridgehead atoms. The summed E-state index contributed by atoms with van der Waals surface area (Å²) in [5.74, 6) is 0.746. The second-order valence-corrected chi connectivity index (χ2v) is 7.91. The third-order valence-corrected chi connectivity index (χ3v) is 6.18. The molecular formula is C19H17NO2S3. The van der Waals surface area contributed by atoms with Gasteiger partial charge in [0.15, 0.2) is 0 Å². The molecule has 6 heteroatoms. The number of carbonyl (C=O) groups is 1. The lowest BCUT2D eigenvalue weighted by Gasteiger charge is -2.35. The third kappa shape index (κ3) is 3.61. The van der Waals surface area contributed by atoms with Gasteiger partial charge in [0.1, 0.15) is 15.7 Å². The molecule has 0 radical (unpaired) electrons. The summed E-state index contributed by atoms with van der Waals surface area (Å²) in [6, 6.07) is 15.5. The number of rotatable bonds is 5. The van der Waals surface area contributed by atoms with Gasteiger partial charge in [-0.2, -0.15) is 0 Å². The van der Waals surface area contributed by atoms with Gasteiger partial charge in [-0.1, -0.05) is 53.8 Å². The highest BCUT2D eigenvalue weighted by atomic mass is 32.2. The first-order valence-corrected chi connectivity index (χ1v) is 10.1. The molecule has 0 saturated heterocycles. The Morgan fingerprint density at radius 2 is 1.72 bits per heavy atom. The van der Waals surface area contributed by atoms with Gasteiger partial charge in [-0.25, -0.2) is 0 Å². The smallest absolute Gasteiger partial charge is 0.272 e. The minimum Gasteiger partial charge on any atom is -0.497 e. The summed E-state index contributed by atoms with van der Waals surface area (Å²) in [4.78, 5) is 15.1. The highest BCUT2D eigenvalue weighted by molar-refractivity contribution is 8.27. The molecule has 0 atom stereocenters. The zero-order valence-electron chi connectivity index (χ0n) is 14.1. The van der Waals surface area contributed by atoms with Crippen molar-refractivity contribution >= 4 is 51.5 Å². The molecule has 0 spiro atoms. The molecule has 0 fully saturated rings. The standard InChI is InChI=1S/C19H17NO2S3/c1-12-4-6-13(7-5-12)19(23)25-16-17(21)20(18(16)24-3)14-8-10-15(22-2)11-9-14/h4-11H,1-3H3. The zero-order valence-corrected chi connectivity index (χ0v) is 16.6. The van der Waals surface area contributed by atoms with Crippen molar-refractivity contribution in [3.63, 3.8) is 0 Å². The first-order valence-electron chi connectivity index (χ1n) is 7.60. The predicted octanol–water partition coefficient (Wildman–Crippen LogP) is 4.99. The molecule has 2 aromatic carbocycles. The number of benzene rings is 2. The van der Waals surface area contributed by atoms with Crippen LogP contribution in [0.1, 0.15) is 11.1 Å². The maximum absolute atomic E-state index is 12.6. The molecule has 1 amide bonds. The quantitative estimate of drug-likeness (QED) is 0.674. The van der Waals surface area contributed by atoms with Gasteiger partial charge < -0.3 is 4.74 Å². The summed E-state index contributed by atoms with van der Waals surface area (Å²) in [6.07, 6.45) is 1.97. The second kappa shape index (κ2) is 7.64. The highest BCUT2D eigenvalue weighted by Gasteiger charge is 2.38. The molecule has 0 aliphatic carbocycles. The average Bonchev–Trinajstić information content (AvgIpc) is 2.64. The Kier molecular flexibility index (Phi) is 5.51. The van der Waals surface area contributed by atoms with Gasteiger partial charge in [-0.15, -0.1) is 11.8 Å². The number of hydrogen-bond donors (Lipinski definition) is 0. The molecule has 1 aliphatic rings. The molecule has 3 nitrogen and oxygen atoms in total. The number of aryl methyl sites for hydroxylation is 1. The SMILES string of the molecule is COc1ccc(N2C(=O)C(SC(=S)c3ccc(C)cc3)=C2SC)cc1. The number of hydrogen-bond acceptors (Lipinski definition) is 5. The Hall–Kier alpha value is -1.76. The lowest BCUT2D eigenvalue weighted by atomic mass is 10.2. The van der Waals surface area contributed by atoms with Crippen LogP contribution in [0, 0.1) is 6.92 Å². The van der Waals surface area contributed by atoms with Crippen LogP contribution >= 0.6 is 35.7 Å². The topological polar surface area (TPSA) is 29.5 Å². The van der Waals surface area contributed by atoms with E-state index in [4.69, 9.17) is 17.0 Å². The van der Waals surface area contributed by atoms with Gasteiger partial charge >= 0.3 is 0 Å². The molecule has 0 unspecified atom stereocenters. The molecular weight excluding hydrogens is 370 g/mol. The lowest BCUT2D eigenvalue weighted by Crippen LogP contribution is -2.40. The van der Waals surface area contributed by atoms with E-state index in [0.717, 1.165) is 22.0 Å². The molecule has 0 N–H and O–H groups in total. The second-order valence-electron chi connectivity index (χ2n) is 5.43. The Balaban J connectivity index is 1.81. The Labute approximate surface area is 161 Å². The number of thiocarbonyl (C=S) groups is 1. The van der Waals surface area contributed by atoms with E-state index in [2.05, 4.69) is 0 Å².